The molecule has 1 aromatic rings. The lowest BCUT2D eigenvalue weighted by molar-refractivity contribution is -0.0272. The Labute approximate surface area is 102 Å². The molecular weight excluding hydrogens is 220 g/mol. The minimum absolute atomic E-state index is 0.0281. The van der Waals surface area contributed by atoms with Gasteiger partial charge in [0.05, 0.1) is 11.6 Å². The summed E-state index contributed by atoms with van der Waals surface area (Å²) >= 11 is 1.65. The second-order valence-corrected chi connectivity index (χ2v) is 6.05. The monoisotopic (exact) mass is 242 g/mol. The first-order valence-corrected chi connectivity index (χ1v) is 6.57. The molecule has 92 valence electrons. The normalized spacial score (nSPS) is 16.1. The van der Waals surface area contributed by atoms with E-state index >= 15 is 0 Å². The predicted octanol–water partition coefficient (Wildman–Crippen LogP) is 2.46. The highest BCUT2D eigenvalue weighted by atomic mass is 32.1. The molecule has 0 saturated heterocycles. The van der Waals surface area contributed by atoms with Gasteiger partial charge < -0.3 is 10.5 Å². The Hall–Kier alpha value is -0.450. The van der Waals surface area contributed by atoms with Gasteiger partial charge in [-0.15, -0.1) is 11.3 Å². The summed E-state index contributed by atoms with van der Waals surface area (Å²) in [5.41, 5.74) is 8.15. The van der Waals surface area contributed by atoms with E-state index in [1.807, 2.05) is 18.6 Å². The Morgan fingerprint density at radius 2 is 2.19 bits per heavy atom. The van der Waals surface area contributed by atoms with Crippen molar-refractivity contribution >= 4 is 11.3 Å². The van der Waals surface area contributed by atoms with Gasteiger partial charge in [-0.2, -0.15) is 0 Å². The van der Waals surface area contributed by atoms with Crippen LogP contribution in [0.25, 0.3) is 0 Å². The molecule has 0 spiro atoms. The van der Waals surface area contributed by atoms with Gasteiger partial charge in [-0.3, -0.25) is 4.98 Å². The molecule has 1 aromatic heterocycles. The third kappa shape index (κ3) is 3.85. The fraction of sp³-hybridized carbons (Fsp3) is 0.750. The number of nitrogens with zero attached hydrogens (tertiary/aromatic N) is 1. The Kier molecular flexibility index (Phi) is 4.89. The minimum Gasteiger partial charge on any atom is -0.376 e. The lowest BCUT2D eigenvalue weighted by Crippen LogP contribution is -2.46. The molecule has 4 heteroatoms. The average molecular weight is 242 g/mol. The first kappa shape index (κ1) is 13.6. The Bertz CT molecular complexity index is 292. The molecule has 2 N–H and O–H groups in total. The van der Waals surface area contributed by atoms with Gasteiger partial charge in [0.15, 0.2) is 0 Å². The summed E-state index contributed by atoms with van der Waals surface area (Å²) in [7, 11) is 0. The van der Waals surface area contributed by atoms with Gasteiger partial charge in [0, 0.05) is 30.1 Å². The number of ether oxygens (including phenoxy) is 1. The molecule has 0 fully saturated rings. The molecule has 1 rings (SSSR count). The first-order valence-electron chi connectivity index (χ1n) is 5.69. The van der Waals surface area contributed by atoms with Crippen LogP contribution in [-0.4, -0.2) is 23.7 Å². The fourth-order valence-corrected chi connectivity index (χ4v) is 2.55. The van der Waals surface area contributed by atoms with Crippen molar-refractivity contribution in [2.45, 2.75) is 46.3 Å². The molecule has 0 radical (unpaired) electrons. The second kappa shape index (κ2) is 5.75. The minimum atomic E-state index is 0.0281. The summed E-state index contributed by atoms with van der Waals surface area (Å²) < 4.78 is 5.78. The molecule has 0 bridgehead atoms. The Morgan fingerprint density at radius 1 is 1.50 bits per heavy atom. The van der Waals surface area contributed by atoms with E-state index in [4.69, 9.17) is 10.5 Å². The largest absolute Gasteiger partial charge is 0.376 e. The SMILES string of the molecule is CCOC(C(N)Cc1cncs1)C(C)(C)C. The smallest absolute Gasteiger partial charge is 0.0794 e. The Morgan fingerprint density at radius 3 is 2.62 bits per heavy atom. The molecule has 0 aliphatic rings. The highest BCUT2D eigenvalue weighted by Crippen LogP contribution is 2.26. The van der Waals surface area contributed by atoms with Crippen LogP contribution < -0.4 is 5.73 Å². The molecule has 2 atom stereocenters. The van der Waals surface area contributed by atoms with Gasteiger partial charge in [0.1, 0.15) is 0 Å². The highest BCUT2D eigenvalue weighted by Gasteiger charge is 2.30. The number of rotatable bonds is 5. The zero-order chi connectivity index (χ0) is 12.2. The van der Waals surface area contributed by atoms with E-state index < -0.39 is 0 Å². The standard InChI is InChI=1S/C12H22N2OS/c1-5-15-11(12(2,3)4)10(13)6-9-7-14-8-16-9/h7-8,10-11H,5-6,13H2,1-4H3. The van der Waals surface area contributed by atoms with E-state index in [9.17, 15) is 0 Å². The van der Waals surface area contributed by atoms with Crippen molar-refractivity contribution in [2.75, 3.05) is 6.61 Å². The maximum Gasteiger partial charge on any atom is 0.0794 e. The quantitative estimate of drug-likeness (QED) is 0.863. The topological polar surface area (TPSA) is 48.1 Å². The van der Waals surface area contributed by atoms with Crippen LogP contribution in [-0.2, 0) is 11.2 Å². The van der Waals surface area contributed by atoms with E-state index in [0.29, 0.717) is 6.61 Å². The summed E-state index contributed by atoms with van der Waals surface area (Å²) in [4.78, 5) is 5.29. The van der Waals surface area contributed by atoms with Crippen molar-refractivity contribution in [3.63, 3.8) is 0 Å². The molecule has 0 aliphatic carbocycles. The molecular formula is C12H22N2OS. The predicted molar refractivity (Wildman–Crippen MR) is 68.7 cm³/mol. The van der Waals surface area contributed by atoms with E-state index in [1.165, 1.54) is 4.88 Å². The van der Waals surface area contributed by atoms with Gasteiger partial charge in [0.2, 0.25) is 0 Å². The van der Waals surface area contributed by atoms with Gasteiger partial charge in [-0.1, -0.05) is 20.8 Å². The molecule has 0 aliphatic heterocycles. The zero-order valence-corrected chi connectivity index (χ0v) is 11.4. The maximum absolute atomic E-state index is 6.24. The summed E-state index contributed by atoms with van der Waals surface area (Å²) in [6, 6.07) is 0.0281. The molecule has 2 unspecified atom stereocenters. The van der Waals surface area contributed by atoms with Gasteiger partial charge in [-0.05, 0) is 12.3 Å². The van der Waals surface area contributed by atoms with E-state index in [2.05, 4.69) is 25.8 Å². The Balaban J connectivity index is 2.64. The number of aromatic nitrogens is 1. The summed E-state index contributed by atoms with van der Waals surface area (Å²) in [6.07, 6.45) is 2.81. The fourth-order valence-electron chi connectivity index (χ4n) is 1.88. The van der Waals surface area contributed by atoms with Crippen molar-refractivity contribution in [3.8, 4) is 0 Å². The maximum atomic E-state index is 6.24. The van der Waals surface area contributed by atoms with Crippen molar-refractivity contribution in [1.29, 1.82) is 0 Å². The van der Waals surface area contributed by atoms with Crippen molar-refractivity contribution in [1.82, 2.24) is 4.98 Å². The molecule has 0 saturated carbocycles. The van der Waals surface area contributed by atoms with Crippen molar-refractivity contribution in [3.05, 3.63) is 16.6 Å². The number of hydrogen-bond donors (Lipinski definition) is 1. The number of nitrogens with two attached hydrogens (primary N) is 1. The van der Waals surface area contributed by atoms with Crippen LogP contribution in [0.1, 0.15) is 32.6 Å². The average Bonchev–Trinajstić information content (AvgIpc) is 2.64. The van der Waals surface area contributed by atoms with Crippen LogP contribution in [0.3, 0.4) is 0 Å². The molecule has 0 aromatic carbocycles. The van der Waals surface area contributed by atoms with Crippen LogP contribution in [0.4, 0.5) is 0 Å². The van der Waals surface area contributed by atoms with E-state index in [1.54, 1.807) is 11.3 Å². The third-order valence-electron chi connectivity index (χ3n) is 2.51. The lowest BCUT2D eigenvalue weighted by Gasteiger charge is -2.34. The van der Waals surface area contributed by atoms with Crippen LogP contribution in [0.5, 0.6) is 0 Å². The highest BCUT2D eigenvalue weighted by molar-refractivity contribution is 7.09. The van der Waals surface area contributed by atoms with Gasteiger partial charge >= 0.3 is 0 Å². The molecule has 3 nitrogen and oxygen atoms in total. The molecule has 1 heterocycles. The summed E-state index contributed by atoms with van der Waals surface area (Å²) in [5.74, 6) is 0. The second-order valence-electron chi connectivity index (χ2n) is 5.08. The van der Waals surface area contributed by atoms with E-state index in [-0.39, 0.29) is 17.6 Å². The van der Waals surface area contributed by atoms with Gasteiger partial charge in [0.25, 0.3) is 0 Å². The van der Waals surface area contributed by atoms with Gasteiger partial charge in [-0.25, -0.2) is 0 Å². The van der Waals surface area contributed by atoms with Crippen LogP contribution >= 0.6 is 11.3 Å². The number of hydrogen-bond acceptors (Lipinski definition) is 4. The number of thiazole rings is 1. The van der Waals surface area contributed by atoms with Crippen LogP contribution in [0, 0.1) is 5.41 Å². The molecule has 16 heavy (non-hydrogen) atoms. The lowest BCUT2D eigenvalue weighted by atomic mass is 9.83. The molecule has 0 amide bonds. The van der Waals surface area contributed by atoms with Crippen molar-refractivity contribution in [2.24, 2.45) is 11.1 Å². The van der Waals surface area contributed by atoms with Crippen LogP contribution in [0.2, 0.25) is 0 Å². The summed E-state index contributed by atoms with van der Waals surface area (Å²) in [5, 5.41) is 0. The van der Waals surface area contributed by atoms with Crippen molar-refractivity contribution < 1.29 is 4.74 Å². The first-order chi connectivity index (χ1) is 7.45. The van der Waals surface area contributed by atoms with E-state index in [0.717, 1.165) is 6.42 Å². The zero-order valence-electron chi connectivity index (χ0n) is 10.6. The third-order valence-corrected chi connectivity index (χ3v) is 3.31. The van der Waals surface area contributed by atoms with Crippen LogP contribution in [0.15, 0.2) is 11.7 Å². The summed E-state index contributed by atoms with van der Waals surface area (Å²) in [6.45, 7) is 9.22.